The van der Waals surface area contributed by atoms with Crippen LogP contribution in [0.3, 0.4) is 0 Å². The van der Waals surface area contributed by atoms with Gasteiger partial charge in [-0.25, -0.2) is 4.98 Å². The van der Waals surface area contributed by atoms with Crippen LogP contribution in [0.1, 0.15) is 80.2 Å². The Morgan fingerprint density at radius 3 is 2.38 bits per heavy atom. The molecule has 4 nitrogen and oxygen atoms in total. The second-order valence-corrected chi connectivity index (χ2v) is 10.9. The van der Waals surface area contributed by atoms with E-state index in [9.17, 15) is 0 Å². The summed E-state index contributed by atoms with van der Waals surface area (Å²) in [6.07, 6.45) is 11.4. The predicted molar refractivity (Wildman–Crippen MR) is 140 cm³/mol. The summed E-state index contributed by atoms with van der Waals surface area (Å²) in [7, 11) is 0. The fourth-order valence-electron chi connectivity index (χ4n) is 4.24. The van der Waals surface area contributed by atoms with Gasteiger partial charge in [0.1, 0.15) is 0 Å². The zero-order chi connectivity index (χ0) is 23.3. The van der Waals surface area contributed by atoms with Gasteiger partial charge >= 0.3 is 0 Å². The molecule has 0 radical (unpaired) electrons. The summed E-state index contributed by atoms with van der Waals surface area (Å²) >= 11 is 3.25. The Morgan fingerprint density at radius 1 is 1.19 bits per heavy atom. The van der Waals surface area contributed by atoms with E-state index in [2.05, 4.69) is 60.1 Å². The van der Waals surface area contributed by atoms with Gasteiger partial charge in [-0.2, -0.15) is 0 Å². The number of aryl methyl sites for hydroxylation is 2. The first kappa shape index (κ1) is 27.2. The lowest BCUT2D eigenvalue weighted by atomic mass is 9.83. The Kier molecular flexibility index (Phi) is 12.7. The van der Waals surface area contributed by atoms with Crippen molar-refractivity contribution >= 4 is 23.3 Å². The highest BCUT2D eigenvalue weighted by molar-refractivity contribution is 7.96. The Bertz CT molecular complexity index is 726. The molecule has 0 aliphatic heterocycles. The van der Waals surface area contributed by atoms with Crippen LogP contribution >= 0.6 is 23.3 Å². The molecule has 180 valence electrons. The lowest BCUT2D eigenvalue weighted by molar-refractivity contribution is 0.00219. The van der Waals surface area contributed by atoms with Crippen molar-refractivity contribution in [1.29, 1.82) is 0 Å². The fourth-order valence-corrected chi connectivity index (χ4v) is 5.61. The van der Waals surface area contributed by atoms with Crippen LogP contribution in [0.5, 0.6) is 5.88 Å². The smallest absolute Gasteiger partial charge is 0.225 e. The van der Waals surface area contributed by atoms with Crippen LogP contribution in [0.25, 0.3) is 0 Å². The third-order valence-corrected chi connectivity index (χ3v) is 7.66. The highest BCUT2D eigenvalue weighted by Crippen LogP contribution is 2.34. The van der Waals surface area contributed by atoms with Gasteiger partial charge in [0, 0.05) is 6.04 Å². The molecule has 3 rings (SSSR count). The molecule has 0 bridgehead atoms. The number of thiazole rings is 1. The quantitative estimate of drug-likeness (QED) is 0.352. The zero-order valence-corrected chi connectivity index (χ0v) is 22.1. The number of aromatic hydroxyl groups is 1. The highest BCUT2D eigenvalue weighted by Gasteiger charge is 2.24. The van der Waals surface area contributed by atoms with E-state index in [-0.39, 0.29) is 5.88 Å². The van der Waals surface area contributed by atoms with E-state index in [0.29, 0.717) is 18.1 Å². The molecule has 0 saturated heterocycles. The maximum absolute atomic E-state index is 8.84. The van der Waals surface area contributed by atoms with Gasteiger partial charge in [-0.05, 0) is 69.6 Å². The van der Waals surface area contributed by atoms with E-state index < -0.39 is 0 Å². The molecular formula is C26H42N2O2S2. The third kappa shape index (κ3) is 9.42. The molecule has 0 amide bonds. The first-order valence-electron chi connectivity index (χ1n) is 12.0. The largest absolute Gasteiger partial charge is 0.492 e. The molecule has 2 aromatic rings. The zero-order valence-electron chi connectivity index (χ0n) is 20.5. The first-order valence-corrected chi connectivity index (χ1v) is 14.1. The molecule has 6 heteroatoms. The van der Waals surface area contributed by atoms with E-state index in [4.69, 9.17) is 9.84 Å². The minimum absolute atomic E-state index is 0.174. The number of hydrogen-bond donors (Lipinski definition) is 2. The Morgan fingerprint density at radius 2 is 1.88 bits per heavy atom. The molecule has 2 atom stereocenters. The van der Waals surface area contributed by atoms with Crippen molar-refractivity contribution in [2.75, 3.05) is 12.9 Å². The van der Waals surface area contributed by atoms with E-state index in [0.717, 1.165) is 22.4 Å². The first-order chi connectivity index (χ1) is 15.4. The van der Waals surface area contributed by atoms with Crippen LogP contribution in [0.2, 0.25) is 0 Å². The van der Waals surface area contributed by atoms with E-state index in [1.807, 2.05) is 13.8 Å². The molecule has 1 aliphatic carbocycles. The number of aromatic nitrogens is 1. The van der Waals surface area contributed by atoms with Crippen molar-refractivity contribution in [3.05, 3.63) is 45.8 Å². The molecule has 32 heavy (non-hydrogen) atoms. The van der Waals surface area contributed by atoms with Crippen LogP contribution < -0.4 is 4.72 Å². The van der Waals surface area contributed by atoms with Gasteiger partial charge in [-0.1, -0.05) is 69.0 Å². The minimum Gasteiger partial charge on any atom is -0.492 e. The fraction of sp³-hybridized carbons (Fsp3) is 0.654. The number of nitrogens with zero attached hydrogens (tertiary/aromatic N) is 1. The molecule has 1 aromatic heterocycles. The normalized spacial score (nSPS) is 20.3. The highest BCUT2D eigenvalue weighted by atomic mass is 32.2. The molecular weight excluding hydrogens is 436 g/mol. The molecule has 1 saturated carbocycles. The summed E-state index contributed by atoms with van der Waals surface area (Å²) in [4.78, 5) is 4.68. The van der Waals surface area contributed by atoms with Gasteiger partial charge < -0.3 is 9.84 Å². The summed E-state index contributed by atoms with van der Waals surface area (Å²) in [5, 5.41) is 9.76. The second-order valence-electron chi connectivity index (χ2n) is 8.88. The number of benzene rings is 1. The van der Waals surface area contributed by atoms with Crippen LogP contribution in [-0.4, -0.2) is 35.1 Å². The second kappa shape index (κ2) is 14.9. The van der Waals surface area contributed by atoms with Crippen molar-refractivity contribution in [2.24, 2.45) is 5.92 Å². The van der Waals surface area contributed by atoms with Crippen LogP contribution in [0.4, 0.5) is 0 Å². The van der Waals surface area contributed by atoms with Crippen LogP contribution in [0.15, 0.2) is 30.3 Å². The summed E-state index contributed by atoms with van der Waals surface area (Å²) in [5.41, 5.74) is 1.51. The standard InChI is InChI=1S/C21H35NOS.C5H7NOS/c1-4-5-11-21(22-24-3)17(2)16-23-20-14-12-19(13-15-20)18-9-7-6-8-10-18;1-3-5(7)6-4(2)8-3/h6-10,17,19-22H,4-5,11-16H2,1-3H3;7H,1-2H3. The average molecular weight is 479 g/mol. The van der Waals surface area contributed by atoms with Crippen molar-refractivity contribution in [3.8, 4) is 5.88 Å². The molecule has 1 aromatic carbocycles. The van der Waals surface area contributed by atoms with Gasteiger partial charge in [0.05, 0.1) is 22.6 Å². The topological polar surface area (TPSA) is 54.4 Å². The maximum Gasteiger partial charge on any atom is 0.225 e. The Hall–Kier alpha value is -1.08. The van der Waals surface area contributed by atoms with Crippen LogP contribution in [0, 0.1) is 19.8 Å². The molecule has 2 N–H and O–H groups in total. The number of rotatable bonds is 10. The predicted octanol–water partition coefficient (Wildman–Crippen LogP) is 7.26. The van der Waals surface area contributed by atoms with Gasteiger partial charge in [0.25, 0.3) is 0 Å². The lowest BCUT2D eigenvalue weighted by Gasteiger charge is -2.31. The summed E-state index contributed by atoms with van der Waals surface area (Å²) < 4.78 is 9.86. The van der Waals surface area contributed by atoms with Crippen LogP contribution in [-0.2, 0) is 4.74 Å². The van der Waals surface area contributed by atoms with E-state index in [1.165, 1.54) is 61.8 Å². The third-order valence-electron chi connectivity index (χ3n) is 6.24. The van der Waals surface area contributed by atoms with Crippen molar-refractivity contribution in [1.82, 2.24) is 9.71 Å². The molecule has 1 heterocycles. The monoisotopic (exact) mass is 478 g/mol. The van der Waals surface area contributed by atoms with Gasteiger partial charge in [-0.3, -0.25) is 4.72 Å². The van der Waals surface area contributed by atoms with E-state index >= 15 is 0 Å². The molecule has 1 fully saturated rings. The van der Waals surface area contributed by atoms with Crippen molar-refractivity contribution in [2.45, 2.75) is 90.7 Å². The van der Waals surface area contributed by atoms with Crippen molar-refractivity contribution in [3.63, 3.8) is 0 Å². The number of hydrogen-bond acceptors (Lipinski definition) is 6. The number of ether oxygens (including phenoxy) is 1. The summed E-state index contributed by atoms with van der Waals surface area (Å²) in [6.45, 7) is 9.21. The Labute approximate surface area is 203 Å². The minimum atomic E-state index is 0.174. The summed E-state index contributed by atoms with van der Waals surface area (Å²) in [6, 6.07) is 11.6. The van der Waals surface area contributed by atoms with Gasteiger partial charge in [-0.15, -0.1) is 11.3 Å². The number of nitrogens with one attached hydrogen (secondary N) is 1. The molecule has 1 aliphatic rings. The molecule has 2 unspecified atom stereocenters. The maximum atomic E-state index is 8.84. The average Bonchev–Trinajstić information content (AvgIpc) is 3.11. The van der Waals surface area contributed by atoms with Gasteiger partial charge in [0.15, 0.2) is 0 Å². The lowest BCUT2D eigenvalue weighted by Crippen LogP contribution is -2.34. The SMILES string of the molecule is CCCCC(NSC)C(C)COC1CCC(c2ccccc2)CC1.Cc1nc(O)c(C)s1. The van der Waals surface area contributed by atoms with E-state index in [1.54, 1.807) is 11.9 Å². The molecule has 0 spiro atoms. The van der Waals surface area contributed by atoms with Gasteiger partial charge in [0.2, 0.25) is 5.88 Å². The summed E-state index contributed by atoms with van der Waals surface area (Å²) in [5.74, 6) is 1.49. The number of unbranched alkanes of at least 4 members (excludes halogenated alkanes) is 1. The Balaban J connectivity index is 0.000000380. The van der Waals surface area contributed by atoms with Crippen molar-refractivity contribution < 1.29 is 9.84 Å².